The van der Waals surface area contributed by atoms with Crippen molar-refractivity contribution in [2.75, 3.05) is 18.4 Å². The van der Waals surface area contributed by atoms with Gasteiger partial charge in [-0.2, -0.15) is 4.31 Å². The van der Waals surface area contributed by atoms with E-state index in [9.17, 15) is 13.2 Å². The van der Waals surface area contributed by atoms with Gasteiger partial charge in [-0.05, 0) is 36.3 Å². The molecule has 0 aliphatic carbocycles. The third-order valence-corrected chi connectivity index (χ3v) is 8.64. The van der Waals surface area contributed by atoms with Crippen molar-refractivity contribution >= 4 is 43.7 Å². The van der Waals surface area contributed by atoms with Gasteiger partial charge in [0.2, 0.25) is 10.0 Å². The molecule has 0 spiro atoms. The van der Waals surface area contributed by atoms with E-state index in [0.717, 1.165) is 41.9 Å². The molecular weight excluding hydrogens is 426 g/mol. The minimum atomic E-state index is -3.64. The molecule has 0 unspecified atom stereocenters. The second kappa shape index (κ2) is 8.35. The average Bonchev–Trinajstić information content (AvgIpc) is 3.49. The lowest BCUT2D eigenvalue weighted by atomic mass is 10.1. The summed E-state index contributed by atoms with van der Waals surface area (Å²) in [6.07, 6.45) is 2.68. The summed E-state index contributed by atoms with van der Waals surface area (Å²) < 4.78 is 27.2. The van der Waals surface area contributed by atoms with Crippen molar-refractivity contribution in [3.63, 3.8) is 0 Å². The number of rotatable bonds is 6. The fourth-order valence-corrected chi connectivity index (χ4v) is 6.79. The van der Waals surface area contributed by atoms with Gasteiger partial charge in [0, 0.05) is 24.0 Å². The number of sulfonamides is 1. The summed E-state index contributed by atoms with van der Waals surface area (Å²) in [6.45, 7) is 3.12. The number of hydrogen-bond donors (Lipinski definition) is 1. The summed E-state index contributed by atoms with van der Waals surface area (Å²) in [5.74, 6) is -0.444. The Morgan fingerprint density at radius 3 is 2.55 bits per heavy atom. The summed E-state index contributed by atoms with van der Waals surface area (Å²) in [5.41, 5.74) is 3.01. The first-order valence-electron chi connectivity index (χ1n) is 9.43. The molecule has 1 aliphatic heterocycles. The minimum Gasteiger partial charge on any atom is -0.297 e. The zero-order valence-electron chi connectivity index (χ0n) is 15.9. The van der Waals surface area contributed by atoms with Gasteiger partial charge in [0.25, 0.3) is 5.91 Å². The average molecular weight is 448 g/mol. The van der Waals surface area contributed by atoms with Crippen LogP contribution in [0.5, 0.6) is 0 Å². The van der Waals surface area contributed by atoms with Crippen LogP contribution in [0.4, 0.5) is 5.13 Å². The molecule has 29 heavy (non-hydrogen) atoms. The van der Waals surface area contributed by atoms with Crippen molar-refractivity contribution in [1.82, 2.24) is 9.29 Å². The zero-order valence-corrected chi connectivity index (χ0v) is 18.4. The maximum absolute atomic E-state index is 12.9. The predicted molar refractivity (Wildman–Crippen MR) is 117 cm³/mol. The van der Waals surface area contributed by atoms with E-state index in [1.54, 1.807) is 5.38 Å². The molecule has 3 aromatic rings. The number of nitrogens with zero attached hydrogens (tertiary/aromatic N) is 2. The molecule has 1 saturated heterocycles. The molecule has 0 saturated carbocycles. The molecule has 6 nitrogen and oxygen atoms in total. The standard InChI is InChI=1S/C20H21N3O3S3/c1-2-14-5-7-15(8-6-14)16-13-28-20(21-16)22-19(24)18-17(9-12-27-18)29(25,26)23-10-3-4-11-23/h5-9,12-13H,2-4,10-11H2,1H3,(H,21,22,24). The highest BCUT2D eigenvalue weighted by Crippen LogP contribution is 2.30. The monoisotopic (exact) mass is 447 g/mol. The fraction of sp³-hybridized carbons (Fsp3) is 0.300. The van der Waals surface area contributed by atoms with E-state index < -0.39 is 15.9 Å². The van der Waals surface area contributed by atoms with Gasteiger partial charge in [-0.15, -0.1) is 22.7 Å². The maximum atomic E-state index is 12.9. The number of thiophene rings is 1. The minimum absolute atomic E-state index is 0.0776. The van der Waals surface area contributed by atoms with E-state index in [-0.39, 0.29) is 9.77 Å². The molecule has 1 N–H and O–H groups in total. The quantitative estimate of drug-likeness (QED) is 0.605. The number of aromatic nitrogens is 1. The Labute approximate surface area is 178 Å². The van der Waals surface area contributed by atoms with Gasteiger partial charge in [-0.1, -0.05) is 31.2 Å². The number of carbonyl (C=O) groups is 1. The number of hydrogen-bond acceptors (Lipinski definition) is 6. The lowest BCUT2D eigenvalue weighted by Gasteiger charge is -2.15. The molecule has 4 rings (SSSR count). The lowest BCUT2D eigenvalue weighted by molar-refractivity contribution is 0.102. The van der Waals surface area contributed by atoms with Crippen LogP contribution in [0.1, 0.15) is 35.0 Å². The lowest BCUT2D eigenvalue weighted by Crippen LogP contribution is -2.29. The fourth-order valence-electron chi connectivity index (χ4n) is 3.26. The molecule has 3 heterocycles. The number of benzene rings is 1. The molecule has 0 radical (unpaired) electrons. The molecule has 1 amide bonds. The third kappa shape index (κ3) is 4.13. The van der Waals surface area contributed by atoms with Gasteiger partial charge in [-0.3, -0.25) is 10.1 Å². The van der Waals surface area contributed by atoms with Crippen molar-refractivity contribution in [3.8, 4) is 11.3 Å². The second-order valence-corrected chi connectivity index (χ2v) is 10.4. The Balaban J connectivity index is 1.52. The molecular formula is C20H21N3O3S3. The summed E-state index contributed by atoms with van der Waals surface area (Å²) in [4.78, 5) is 17.5. The molecule has 2 aromatic heterocycles. The highest BCUT2D eigenvalue weighted by atomic mass is 32.2. The van der Waals surface area contributed by atoms with Crippen molar-refractivity contribution < 1.29 is 13.2 Å². The van der Waals surface area contributed by atoms with Crippen LogP contribution in [-0.2, 0) is 16.4 Å². The van der Waals surface area contributed by atoms with Crippen molar-refractivity contribution in [2.24, 2.45) is 0 Å². The first-order valence-corrected chi connectivity index (χ1v) is 12.6. The van der Waals surface area contributed by atoms with Crippen LogP contribution < -0.4 is 5.32 Å². The highest BCUT2D eigenvalue weighted by molar-refractivity contribution is 7.89. The molecule has 1 aromatic carbocycles. The number of nitrogens with one attached hydrogen (secondary N) is 1. The summed E-state index contributed by atoms with van der Waals surface area (Å²) in [5, 5.41) is 6.72. The van der Waals surface area contributed by atoms with Crippen molar-refractivity contribution in [1.29, 1.82) is 0 Å². The zero-order chi connectivity index (χ0) is 20.4. The molecule has 9 heteroatoms. The third-order valence-electron chi connectivity index (χ3n) is 4.90. The SMILES string of the molecule is CCc1ccc(-c2csc(NC(=O)c3sccc3S(=O)(=O)N3CCCC3)n2)cc1. The first kappa shape index (κ1) is 20.2. The highest BCUT2D eigenvalue weighted by Gasteiger charge is 2.32. The Hall–Kier alpha value is -2.07. The van der Waals surface area contributed by atoms with E-state index in [0.29, 0.717) is 18.2 Å². The van der Waals surface area contributed by atoms with E-state index in [1.165, 1.54) is 27.3 Å². The van der Waals surface area contributed by atoms with Gasteiger partial charge < -0.3 is 0 Å². The summed E-state index contributed by atoms with van der Waals surface area (Å²) >= 11 is 2.45. The molecule has 0 bridgehead atoms. The van der Waals surface area contributed by atoms with Crippen LogP contribution in [0.15, 0.2) is 46.0 Å². The van der Waals surface area contributed by atoms with E-state index in [2.05, 4.69) is 29.4 Å². The largest absolute Gasteiger partial charge is 0.297 e. The van der Waals surface area contributed by atoms with Crippen LogP contribution in [0.2, 0.25) is 0 Å². The van der Waals surface area contributed by atoms with Crippen LogP contribution in [-0.4, -0.2) is 36.7 Å². The summed E-state index contributed by atoms with van der Waals surface area (Å²) in [7, 11) is -3.64. The smallest absolute Gasteiger partial charge is 0.268 e. The maximum Gasteiger partial charge on any atom is 0.268 e. The number of aryl methyl sites for hydroxylation is 1. The van der Waals surface area contributed by atoms with Gasteiger partial charge in [0.05, 0.1) is 5.69 Å². The second-order valence-electron chi connectivity index (χ2n) is 6.77. The van der Waals surface area contributed by atoms with Crippen LogP contribution in [0.25, 0.3) is 11.3 Å². The molecule has 1 fully saturated rings. The Kier molecular flexibility index (Phi) is 5.82. The molecule has 1 aliphatic rings. The predicted octanol–water partition coefficient (Wildman–Crippen LogP) is 4.47. The van der Waals surface area contributed by atoms with Gasteiger partial charge in [0.1, 0.15) is 9.77 Å². The van der Waals surface area contributed by atoms with E-state index >= 15 is 0 Å². The normalized spacial score (nSPS) is 14.9. The van der Waals surface area contributed by atoms with E-state index in [1.807, 2.05) is 17.5 Å². The molecule has 152 valence electrons. The Bertz CT molecular complexity index is 1110. The molecule has 0 atom stereocenters. The number of carbonyl (C=O) groups excluding carboxylic acids is 1. The Morgan fingerprint density at radius 2 is 1.86 bits per heavy atom. The van der Waals surface area contributed by atoms with Gasteiger partial charge in [0.15, 0.2) is 5.13 Å². The van der Waals surface area contributed by atoms with Crippen LogP contribution >= 0.6 is 22.7 Å². The summed E-state index contributed by atoms with van der Waals surface area (Å²) in [6, 6.07) is 9.66. The van der Waals surface area contributed by atoms with Gasteiger partial charge in [-0.25, -0.2) is 13.4 Å². The number of amides is 1. The van der Waals surface area contributed by atoms with Crippen molar-refractivity contribution in [2.45, 2.75) is 31.1 Å². The van der Waals surface area contributed by atoms with E-state index in [4.69, 9.17) is 0 Å². The first-order chi connectivity index (χ1) is 14.0. The van der Waals surface area contributed by atoms with Gasteiger partial charge >= 0.3 is 0 Å². The number of anilines is 1. The van der Waals surface area contributed by atoms with Crippen molar-refractivity contribution in [3.05, 3.63) is 51.5 Å². The topological polar surface area (TPSA) is 79.4 Å². The number of thiazole rings is 1. The Morgan fingerprint density at radius 1 is 1.14 bits per heavy atom. The van der Waals surface area contributed by atoms with Crippen LogP contribution in [0, 0.1) is 0 Å². The van der Waals surface area contributed by atoms with Crippen LogP contribution in [0.3, 0.4) is 0 Å².